The maximum atomic E-state index is 13.2. The molecule has 1 atom stereocenters. The van der Waals surface area contributed by atoms with Gasteiger partial charge in [0.05, 0.1) is 16.7 Å². The van der Waals surface area contributed by atoms with Crippen molar-refractivity contribution in [1.82, 2.24) is 0 Å². The lowest BCUT2D eigenvalue weighted by molar-refractivity contribution is -0.385. The van der Waals surface area contributed by atoms with Gasteiger partial charge in [0.25, 0.3) is 5.69 Å². The van der Waals surface area contributed by atoms with Gasteiger partial charge in [0.1, 0.15) is 5.82 Å². The van der Waals surface area contributed by atoms with Crippen LogP contribution in [0.3, 0.4) is 0 Å². The summed E-state index contributed by atoms with van der Waals surface area (Å²) in [5.74, 6) is -0.665. The fourth-order valence-corrected chi connectivity index (χ4v) is 2.10. The minimum atomic E-state index is -0.755. The van der Waals surface area contributed by atoms with Crippen molar-refractivity contribution in [3.8, 4) is 0 Å². The number of non-ortho nitro benzene ring substituents is 1. The van der Waals surface area contributed by atoms with Crippen molar-refractivity contribution in [2.75, 3.05) is 11.9 Å². The molecule has 7 heteroatoms. The topological polar surface area (TPSA) is 98.3 Å². The first-order valence-corrected chi connectivity index (χ1v) is 6.91. The van der Waals surface area contributed by atoms with Crippen LogP contribution in [-0.2, 0) is 4.79 Å². The molecule has 1 aromatic carbocycles. The lowest BCUT2D eigenvalue weighted by Crippen LogP contribution is -2.15. The summed E-state index contributed by atoms with van der Waals surface area (Å²) in [6.45, 7) is 2.62. The molecule has 0 aliphatic carbocycles. The van der Waals surface area contributed by atoms with Crippen LogP contribution in [0.5, 0.6) is 0 Å². The van der Waals surface area contributed by atoms with Crippen LogP contribution in [-0.4, -0.2) is 17.4 Å². The van der Waals surface area contributed by atoms with Gasteiger partial charge in [0, 0.05) is 12.5 Å². The van der Waals surface area contributed by atoms with E-state index in [4.69, 9.17) is 5.73 Å². The maximum Gasteiger partial charge on any atom is 0.274 e. The molecular formula is C14H20FN3O3. The van der Waals surface area contributed by atoms with Gasteiger partial charge in [-0.05, 0) is 31.4 Å². The highest BCUT2D eigenvalue weighted by molar-refractivity contribution is 5.91. The third-order valence-corrected chi connectivity index (χ3v) is 3.31. The second-order valence-corrected chi connectivity index (χ2v) is 4.89. The van der Waals surface area contributed by atoms with E-state index in [2.05, 4.69) is 5.32 Å². The number of nitro groups is 1. The van der Waals surface area contributed by atoms with E-state index in [-0.39, 0.29) is 23.7 Å². The van der Waals surface area contributed by atoms with Gasteiger partial charge in [-0.15, -0.1) is 0 Å². The third-order valence-electron chi connectivity index (χ3n) is 3.31. The molecule has 0 fully saturated rings. The van der Waals surface area contributed by atoms with Crippen molar-refractivity contribution in [1.29, 1.82) is 0 Å². The fourth-order valence-electron chi connectivity index (χ4n) is 2.10. The van der Waals surface area contributed by atoms with Crippen LogP contribution in [0.4, 0.5) is 15.8 Å². The summed E-state index contributed by atoms with van der Waals surface area (Å²) < 4.78 is 13.2. The molecule has 6 nitrogen and oxygen atoms in total. The highest BCUT2D eigenvalue weighted by Gasteiger charge is 2.13. The Morgan fingerprint density at radius 1 is 1.43 bits per heavy atom. The number of anilines is 1. The standard InChI is InChI=1S/C14H20FN3O3/c1-2-10(5-6-16)3-4-14(19)17-12-7-11(15)8-13(9-12)18(20)21/h7-10H,2-6,16H2,1H3,(H,17,19). The molecule has 21 heavy (non-hydrogen) atoms. The van der Waals surface area contributed by atoms with Crippen LogP contribution in [0.2, 0.25) is 0 Å². The minimum absolute atomic E-state index is 0.0959. The molecule has 0 saturated heterocycles. The Labute approximate surface area is 122 Å². The number of hydrogen-bond acceptors (Lipinski definition) is 4. The lowest BCUT2D eigenvalue weighted by Gasteiger charge is -2.13. The van der Waals surface area contributed by atoms with Crippen LogP contribution in [0.15, 0.2) is 18.2 Å². The zero-order valence-electron chi connectivity index (χ0n) is 12.0. The molecule has 0 aliphatic rings. The van der Waals surface area contributed by atoms with E-state index in [9.17, 15) is 19.3 Å². The summed E-state index contributed by atoms with van der Waals surface area (Å²) in [5, 5.41) is 13.1. The molecule has 0 aliphatic heterocycles. The summed E-state index contributed by atoms with van der Waals surface area (Å²) in [4.78, 5) is 21.7. The fraction of sp³-hybridized carbons (Fsp3) is 0.500. The number of halogens is 1. The van der Waals surface area contributed by atoms with Crippen LogP contribution in [0.25, 0.3) is 0 Å². The number of carbonyl (C=O) groups excluding carboxylic acids is 1. The summed E-state index contributed by atoms with van der Waals surface area (Å²) in [6, 6.07) is 3.00. The maximum absolute atomic E-state index is 13.2. The molecule has 0 radical (unpaired) electrons. The van der Waals surface area contributed by atoms with Gasteiger partial charge in [-0.1, -0.05) is 13.3 Å². The second-order valence-electron chi connectivity index (χ2n) is 4.89. The minimum Gasteiger partial charge on any atom is -0.330 e. The van der Waals surface area contributed by atoms with Crippen molar-refractivity contribution in [2.45, 2.75) is 32.6 Å². The highest BCUT2D eigenvalue weighted by Crippen LogP contribution is 2.21. The predicted molar refractivity (Wildman–Crippen MR) is 78.4 cm³/mol. The molecule has 1 aromatic rings. The van der Waals surface area contributed by atoms with E-state index in [0.29, 0.717) is 18.9 Å². The molecule has 0 saturated carbocycles. The largest absolute Gasteiger partial charge is 0.330 e. The van der Waals surface area contributed by atoms with Gasteiger partial charge in [-0.3, -0.25) is 14.9 Å². The van der Waals surface area contributed by atoms with Crippen molar-refractivity contribution in [2.24, 2.45) is 11.7 Å². The molecule has 1 rings (SSSR count). The first-order chi connectivity index (χ1) is 9.96. The van der Waals surface area contributed by atoms with E-state index in [1.54, 1.807) is 0 Å². The van der Waals surface area contributed by atoms with Crippen molar-refractivity contribution >= 4 is 17.3 Å². The average molecular weight is 297 g/mol. The Hall–Kier alpha value is -2.02. The molecular weight excluding hydrogens is 277 g/mol. The van der Waals surface area contributed by atoms with Crippen LogP contribution in [0, 0.1) is 21.8 Å². The van der Waals surface area contributed by atoms with Crippen LogP contribution in [0.1, 0.15) is 32.6 Å². The number of amides is 1. The smallest absolute Gasteiger partial charge is 0.274 e. The Bertz CT molecular complexity index is 508. The number of nitrogens with zero attached hydrogens (tertiary/aromatic N) is 1. The monoisotopic (exact) mass is 297 g/mol. The molecule has 0 heterocycles. The van der Waals surface area contributed by atoms with Crippen LogP contribution < -0.4 is 11.1 Å². The normalized spacial score (nSPS) is 12.0. The molecule has 1 unspecified atom stereocenters. The van der Waals surface area contributed by atoms with Gasteiger partial charge in [0.2, 0.25) is 5.91 Å². The molecule has 0 spiro atoms. The van der Waals surface area contributed by atoms with Gasteiger partial charge < -0.3 is 11.1 Å². The highest BCUT2D eigenvalue weighted by atomic mass is 19.1. The predicted octanol–water partition coefficient (Wildman–Crippen LogP) is 2.83. The summed E-state index contributed by atoms with van der Waals surface area (Å²) in [7, 11) is 0. The molecule has 3 N–H and O–H groups in total. The van der Waals surface area contributed by atoms with Gasteiger partial charge in [-0.25, -0.2) is 4.39 Å². The second kappa shape index (κ2) is 8.31. The lowest BCUT2D eigenvalue weighted by atomic mass is 9.96. The number of benzene rings is 1. The Kier molecular flexibility index (Phi) is 6.74. The van der Waals surface area contributed by atoms with E-state index >= 15 is 0 Å². The first-order valence-electron chi connectivity index (χ1n) is 6.91. The number of hydrogen-bond donors (Lipinski definition) is 2. The quantitative estimate of drug-likeness (QED) is 0.569. The summed E-state index contributed by atoms with van der Waals surface area (Å²) in [5.41, 5.74) is 5.20. The average Bonchev–Trinajstić information content (AvgIpc) is 2.42. The Balaban J connectivity index is 2.60. The number of rotatable bonds is 8. The molecule has 116 valence electrons. The van der Waals surface area contributed by atoms with Crippen molar-refractivity contribution in [3.63, 3.8) is 0 Å². The number of carbonyl (C=O) groups is 1. The molecule has 0 aromatic heterocycles. The Morgan fingerprint density at radius 3 is 2.71 bits per heavy atom. The van der Waals surface area contributed by atoms with E-state index < -0.39 is 10.7 Å². The summed E-state index contributed by atoms with van der Waals surface area (Å²) in [6.07, 6.45) is 2.77. The molecule has 0 bridgehead atoms. The number of nitrogens with one attached hydrogen (secondary N) is 1. The third kappa shape index (κ3) is 5.86. The van der Waals surface area contributed by atoms with Gasteiger partial charge in [0.15, 0.2) is 0 Å². The van der Waals surface area contributed by atoms with Gasteiger partial charge in [-0.2, -0.15) is 0 Å². The summed E-state index contributed by atoms with van der Waals surface area (Å²) >= 11 is 0. The van der Waals surface area contributed by atoms with Crippen molar-refractivity contribution < 1.29 is 14.1 Å². The first kappa shape index (κ1) is 17.0. The van der Waals surface area contributed by atoms with Crippen LogP contribution >= 0.6 is 0 Å². The van der Waals surface area contributed by atoms with Gasteiger partial charge >= 0.3 is 0 Å². The SMILES string of the molecule is CCC(CCN)CCC(=O)Nc1cc(F)cc([N+](=O)[O-])c1. The van der Waals surface area contributed by atoms with E-state index in [1.165, 1.54) is 0 Å². The van der Waals surface area contributed by atoms with E-state index in [0.717, 1.165) is 31.0 Å². The Morgan fingerprint density at radius 2 is 2.14 bits per heavy atom. The molecule has 1 amide bonds. The van der Waals surface area contributed by atoms with Crippen molar-refractivity contribution in [3.05, 3.63) is 34.1 Å². The zero-order chi connectivity index (χ0) is 15.8. The number of nitrogens with two attached hydrogens (primary N) is 1. The zero-order valence-corrected chi connectivity index (χ0v) is 12.0. The van der Waals surface area contributed by atoms with E-state index in [1.807, 2.05) is 6.92 Å². The number of nitro benzene ring substituents is 1.